The summed E-state index contributed by atoms with van der Waals surface area (Å²) in [6.45, 7) is 19.3. The number of nitrogens with two attached hydrogens (primary N) is 6. The second-order valence-electron chi connectivity index (χ2n) is 27.3. The molecule has 30 nitrogen and oxygen atoms in total. The standard InChI is InChI=1S/C62H92N13O14P.Co.HNO2/c1-29-20-39-40(21-30(29)2)75(28-70-39)57-52(84)53(41(27-76)87-57)89-90(85,86)88-31(3)26-69-49(83)18-19-59(8)37(22-46(66)80)56-62(11)61(10,25-48(68)82)36(14-17-45(65)79)51(74-62)33(5)55-60(9,24-47(67)81)34(12-15-43(63)77)38(71-55)23-42-58(6,7)35(13-16-44(64)78)50(72-42)32(4)54(59)73-56;;2-1-3/h20-21,23,31,34-37,41,52-53,56-57,70,76,84H,12-19,22,24-28H2,1-11H3,(H15,63,64,65,66,67,68,69,71,72,73,74,77,78,79,80,81,82,83,85,86);;(H,2,3)/p-2/t31-,34-,35-,36-,37+,41-,52-,53-,56-,57+,59-,60+,61+,62+;;/m1../s1. The van der Waals surface area contributed by atoms with Gasteiger partial charge in [-0.3, -0.25) is 53.1 Å². The van der Waals surface area contributed by atoms with Crippen LogP contribution in [0.5, 0.6) is 0 Å². The van der Waals surface area contributed by atoms with Crippen molar-refractivity contribution in [3.63, 3.8) is 0 Å². The number of carbonyl (C=O) groups excluding carboxylic acids is 7. The van der Waals surface area contributed by atoms with Crippen LogP contribution in [0.25, 0.3) is 5.32 Å². The number of amides is 7. The number of hydrogen-bond acceptors (Lipinski definition) is 21. The Morgan fingerprint density at radius 3 is 1.97 bits per heavy atom. The molecule has 0 aromatic heterocycles. The molecule has 8 rings (SSSR count). The van der Waals surface area contributed by atoms with E-state index in [-0.39, 0.29) is 101 Å². The van der Waals surface area contributed by atoms with Crippen molar-refractivity contribution in [2.75, 3.05) is 30.0 Å². The Morgan fingerprint density at radius 2 is 1.40 bits per heavy atom. The van der Waals surface area contributed by atoms with E-state index in [1.807, 2.05) is 80.5 Å². The van der Waals surface area contributed by atoms with Crippen LogP contribution in [0.1, 0.15) is 144 Å². The molecule has 2 fully saturated rings. The number of hydrogen-bond donors (Lipinski definition) is 11. The van der Waals surface area contributed by atoms with Crippen molar-refractivity contribution >= 4 is 77.7 Å². The van der Waals surface area contributed by atoms with Crippen LogP contribution in [0.2, 0.25) is 0 Å². The summed E-state index contributed by atoms with van der Waals surface area (Å²) in [4.78, 5) is 133. The number of benzene rings is 1. The molecule has 2 saturated heterocycles. The molecule has 8 bridgehead atoms. The first kappa shape index (κ1) is 76.1. The van der Waals surface area contributed by atoms with Crippen LogP contribution >= 0.6 is 7.82 Å². The first-order valence-electron chi connectivity index (χ1n) is 31.1. The van der Waals surface area contributed by atoms with E-state index < -0.39 is 143 Å². The number of anilines is 2. The summed E-state index contributed by atoms with van der Waals surface area (Å²) in [6, 6.07) is 2.81. The number of aliphatic hydroxyl groups is 2. The Hall–Kier alpha value is -6.96. The summed E-state index contributed by atoms with van der Waals surface area (Å²) < 4.78 is 30.4. The molecule has 0 aliphatic carbocycles. The minimum Gasteiger partial charge on any atom is -0.756 e. The number of phosphoric acid groups is 1. The van der Waals surface area contributed by atoms with Crippen LogP contribution in [0.15, 0.2) is 66.8 Å². The summed E-state index contributed by atoms with van der Waals surface area (Å²) in [5.74, 6) is -7.38. The fourth-order valence-corrected chi connectivity index (χ4v) is 16.7. The van der Waals surface area contributed by atoms with E-state index in [4.69, 9.17) is 78.6 Å². The molecule has 94 heavy (non-hydrogen) atoms. The Kier molecular flexibility index (Phi) is 23.6. The Bertz CT molecular complexity index is 3450. The van der Waals surface area contributed by atoms with E-state index in [0.717, 1.165) is 16.8 Å². The molecule has 1 aromatic rings. The first-order valence-corrected chi connectivity index (χ1v) is 32.5. The van der Waals surface area contributed by atoms with Gasteiger partial charge in [-0.2, -0.15) is 5.70 Å². The van der Waals surface area contributed by atoms with E-state index in [1.54, 1.807) is 11.8 Å². The monoisotopic (exact) mass is 1380 g/mol. The van der Waals surface area contributed by atoms with Crippen LogP contribution < -0.4 is 54.8 Å². The molecule has 32 heteroatoms. The third kappa shape index (κ3) is 15.0. The zero-order valence-electron chi connectivity index (χ0n) is 55.0. The van der Waals surface area contributed by atoms with Gasteiger partial charge in [-0.05, 0) is 119 Å². The number of phosphoric ester groups is 1. The molecule has 1 aromatic carbocycles. The first-order chi connectivity index (χ1) is 43.2. The van der Waals surface area contributed by atoms with E-state index >= 15 is 0 Å². The number of rotatable bonds is 26. The SMILES string of the molecule is CC1=C2[N-][C@H]([C@H](CC(N)=O)[C@@]2(C)CCC(=O)NC[C@@H](C)OP(=O)([O-])O[C@H]2[C@@H](O)[C@@H](N3CNc4cc(C)c(C)cc43)O[C@@H]2CO)[C@]2(C)N=C(C(C)=C3N=C(C=C4N=C1[C@@H](CCC(N)=O)C4(C)C)[C@@H](CCC(N)=O)[C@]3(C)CC(N)=O)[C@@H](CCC(N)=O)[C@]2(C)CC(N)=O.O=NO.[Co]. The normalized spacial score (nSPS) is 31.3. The number of aliphatic hydroxyl groups excluding tert-OH is 2. The maximum Gasteiger partial charge on any atom is 0.268 e. The van der Waals surface area contributed by atoms with E-state index in [2.05, 4.69) is 10.6 Å². The topological polar surface area (TPSA) is 512 Å². The van der Waals surface area contributed by atoms with Gasteiger partial charge >= 0.3 is 0 Å². The number of allylic oxidation sites excluding steroid dienone is 6. The molecule has 17 N–H and O–H groups in total. The molecule has 0 saturated carbocycles. The van der Waals surface area contributed by atoms with E-state index in [9.17, 15) is 53.2 Å². The molecule has 7 amide bonds. The van der Waals surface area contributed by atoms with Crippen molar-refractivity contribution in [1.29, 1.82) is 0 Å². The summed E-state index contributed by atoms with van der Waals surface area (Å²) in [5, 5.41) is 41.3. The maximum atomic E-state index is 14.4. The van der Waals surface area contributed by atoms with Gasteiger partial charge in [0.05, 0.1) is 42.0 Å². The zero-order valence-corrected chi connectivity index (χ0v) is 56.9. The predicted octanol–water partition coefficient (Wildman–Crippen LogP) is 3.12. The van der Waals surface area contributed by atoms with Crippen molar-refractivity contribution in [2.45, 2.75) is 189 Å². The van der Waals surface area contributed by atoms with Gasteiger partial charge < -0.3 is 89.4 Å². The van der Waals surface area contributed by atoms with Crippen LogP contribution in [-0.4, -0.2) is 136 Å². The Morgan fingerprint density at radius 1 is 0.830 bits per heavy atom. The van der Waals surface area contributed by atoms with Gasteiger partial charge in [-0.1, -0.05) is 40.7 Å². The third-order valence-electron chi connectivity index (χ3n) is 20.7. The number of fused-ring (bicyclic) bond motifs is 7. The zero-order chi connectivity index (χ0) is 69.4. The number of carbonyl (C=O) groups is 7. The quantitative estimate of drug-likeness (QED) is 0.0360. The van der Waals surface area contributed by atoms with Gasteiger partial charge in [0.2, 0.25) is 41.4 Å². The summed E-state index contributed by atoms with van der Waals surface area (Å²) in [7, 11) is -5.30. The molecule has 7 aliphatic rings. The fraction of sp³-hybridized carbons (Fsp3) is 0.645. The van der Waals surface area contributed by atoms with Crippen LogP contribution in [0.4, 0.5) is 11.4 Å². The number of nitrogens with zero attached hydrogens (tertiary/aromatic N) is 6. The van der Waals surface area contributed by atoms with Crippen molar-refractivity contribution in [1.82, 2.24) is 5.32 Å². The predicted molar refractivity (Wildman–Crippen MR) is 342 cm³/mol. The molecule has 15 atom stereocenters. The summed E-state index contributed by atoms with van der Waals surface area (Å²) in [6.07, 6.45) is -5.98. The molecule has 7 heterocycles. The summed E-state index contributed by atoms with van der Waals surface area (Å²) >= 11 is 0. The number of aryl methyl sites for hydroxylation is 2. The van der Waals surface area contributed by atoms with Gasteiger partial charge in [0.25, 0.3) is 7.82 Å². The second-order valence-corrected chi connectivity index (χ2v) is 28.6. The number of nitrogens with one attached hydrogen (secondary N) is 2. The molecular weight excluding hydrogens is 1290 g/mol. The minimum atomic E-state index is -5.30. The molecular formula is C62H91CoN14O16P-2. The average Bonchev–Trinajstić information content (AvgIpc) is 1.53. The Balaban J connectivity index is 0.00000343. The second kappa shape index (κ2) is 29.2. The van der Waals surface area contributed by atoms with Crippen LogP contribution in [0, 0.1) is 64.1 Å². The minimum absolute atomic E-state index is 0. The van der Waals surface area contributed by atoms with Crippen molar-refractivity contribution in [3.05, 3.63) is 67.8 Å². The van der Waals surface area contributed by atoms with Gasteiger partial charge in [-0.25, -0.2) is 0 Å². The van der Waals surface area contributed by atoms with Crippen molar-refractivity contribution in [3.8, 4) is 0 Å². The summed E-state index contributed by atoms with van der Waals surface area (Å²) in [5.41, 5.74) is 37.1. The van der Waals surface area contributed by atoms with Gasteiger partial charge in [0, 0.05) is 125 Å². The van der Waals surface area contributed by atoms with E-state index in [1.165, 1.54) is 12.3 Å². The maximum absolute atomic E-state index is 14.4. The third-order valence-corrected chi connectivity index (χ3v) is 21.8. The molecule has 0 spiro atoms. The van der Waals surface area contributed by atoms with E-state index in [0.29, 0.717) is 51.1 Å². The number of aliphatic imine (C=N–C) groups is 3. The van der Waals surface area contributed by atoms with Gasteiger partial charge in [0.1, 0.15) is 18.3 Å². The van der Waals surface area contributed by atoms with Crippen LogP contribution in [0.3, 0.4) is 0 Å². The van der Waals surface area contributed by atoms with Crippen molar-refractivity contribution < 1.29 is 89.0 Å². The number of primary amides is 6. The number of ether oxygens (including phenoxy) is 1. The molecule has 7 aliphatic heterocycles. The smallest absolute Gasteiger partial charge is 0.268 e. The fourth-order valence-electron chi connectivity index (χ4n) is 15.5. The molecule has 521 valence electrons. The van der Waals surface area contributed by atoms with Gasteiger partial charge in [-0.15, -0.1) is 4.91 Å². The van der Waals surface area contributed by atoms with Crippen molar-refractivity contribution in [2.24, 2.45) is 100 Å². The Labute approximate surface area is 556 Å². The molecule has 1 radical (unpaired) electrons. The molecule has 1 unspecified atom stereocenters. The average molecular weight is 1380 g/mol. The van der Waals surface area contributed by atoms with Crippen LogP contribution in [-0.2, 0) is 68.7 Å². The van der Waals surface area contributed by atoms with Gasteiger partial charge in [0.15, 0.2) is 11.6 Å². The largest absolute Gasteiger partial charge is 0.756 e.